The van der Waals surface area contributed by atoms with Crippen LogP contribution in [0.15, 0.2) is 54.7 Å². The standard InChI is InChI=1S/C24H26ClN5O2/c1-3-26-24(32)30(20-12-13-20)15-22(31)28-23-27-21(17-6-8-18(25)9-7-17)14-29(23)19-10-4-16(2)5-11-19/h4-11,14,20H,3,12-13,15H2,1-2H3,(H,26,32)(H,27,28,31). The third-order valence-corrected chi connectivity index (χ3v) is 5.55. The van der Waals surface area contributed by atoms with Crippen LogP contribution in [0.2, 0.25) is 5.02 Å². The second kappa shape index (κ2) is 9.44. The Kier molecular flexibility index (Phi) is 6.46. The van der Waals surface area contributed by atoms with Crippen LogP contribution in [0.25, 0.3) is 16.9 Å². The van der Waals surface area contributed by atoms with Crippen LogP contribution in [0.3, 0.4) is 0 Å². The summed E-state index contributed by atoms with van der Waals surface area (Å²) in [4.78, 5) is 31.5. The number of nitrogens with zero attached hydrogens (tertiary/aromatic N) is 3. The lowest BCUT2D eigenvalue weighted by Crippen LogP contribution is -2.45. The molecule has 1 heterocycles. The molecule has 8 heteroatoms. The van der Waals surface area contributed by atoms with Crippen molar-refractivity contribution >= 4 is 29.5 Å². The Labute approximate surface area is 192 Å². The van der Waals surface area contributed by atoms with E-state index in [1.165, 1.54) is 0 Å². The average molecular weight is 452 g/mol. The van der Waals surface area contributed by atoms with Crippen LogP contribution < -0.4 is 10.6 Å². The van der Waals surface area contributed by atoms with E-state index in [2.05, 4.69) is 15.6 Å². The van der Waals surface area contributed by atoms with E-state index in [0.717, 1.165) is 29.7 Å². The zero-order valence-corrected chi connectivity index (χ0v) is 18.9. The summed E-state index contributed by atoms with van der Waals surface area (Å²) < 4.78 is 1.84. The molecule has 0 spiro atoms. The molecule has 1 saturated carbocycles. The van der Waals surface area contributed by atoms with Gasteiger partial charge in [0.25, 0.3) is 0 Å². The predicted molar refractivity (Wildman–Crippen MR) is 126 cm³/mol. The van der Waals surface area contributed by atoms with Gasteiger partial charge in [-0.15, -0.1) is 0 Å². The Bertz CT molecular complexity index is 1100. The highest BCUT2D eigenvalue weighted by Gasteiger charge is 2.34. The Morgan fingerprint density at radius 3 is 2.44 bits per heavy atom. The maximum Gasteiger partial charge on any atom is 0.318 e. The fraction of sp³-hybridized carbons (Fsp3) is 0.292. The van der Waals surface area contributed by atoms with Crippen molar-refractivity contribution in [3.8, 4) is 16.9 Å². The van der Waals surface area contributed by atoms with Gasteiger partial charge in [-0.25, -0.2) is 9.78 Å². The number of aryl methyl sites for hydroxylation is 1. The first-order valence-electron chi connectivity index (χ1n) is 10.7. The first-order chi connectivity index (χ1) is 15.4. The number of carbonyl (C=O) groups excluding carboxylic acids is 2. The van der Waals surface area contributed by atoms with Crippen LogP contribution in [0.5, 0.6) is 0 Å². The van der Waals surface area contributed by atoms with Gasteiger partial charge >= 0.3 is 6.03 Å². The van der Waals surface area contributed by atoms with Gasteiger partial charge in [0.05, 0.1) is 5.69 Å². The lowest BCUT2D eigenvalue weighted by atomic mass is 10.2. The monoisotopic (exact) mass is 451 g/mol. The fourth-order valence-electron chi connectivity index (χ4n) is 3.46. The Hall–Kier alpha value is -3.32. The Balaban J connectivity index is 1.61. The summed E-state index contributed by atoms with van der Waals surface area (Å²) in [5.74, 6) is 0.111. The smallest absolute Gasteiger partial charge is 0.318 e. The van der Waals surface area contributed by atoms with Crippen molar-refractivity contribution in [3.63, 3.8) is 0 Å². The fourth-order valence-corrected chi connectivity index (χ4v) is 3.58. The summed E-state index contributed by atoms with van der Waals surface area (Å²) in [7, 11) is 0. The van der Waals surface area contributed by atoms with Gasteiger partial charge in [-0.3, -0.25) is 14.7 Å². The number of carbonyl (C=O) groups is 2. The molecule has 0 radical (unpaired) electrons. The van der Waals surface area contributed by atoms with Crippen molar-refractivity contribution < 1.29 is 9.59 Å². The van der Waals surface area contributed by atoms with Crippen LogP contribution >= 0.6 is 11.6 Å². The molecule has 0 saturated heterocycles. The molecule has 32 heavy (non-hydrogen) atoms. The SMILES string of the molecule is CCNC(=O)N(CC(=O)Nc1nc(-c2ccc(Cl)cc2)cn1-c1ccc(C)cc1)C1CC1. The van der Waals surface area contributed by atoms with E-state index in [1.807, 2.05) is 61.0 Å². The second-order valence-corrected chi connectivity index (χ2v) is 8.34. The summed E-state index contributed by atoms with van der Waals surface area (Å²) in [6.45, 7) is 4.38. The maximum atomic E-state index is 12.9. The summed E-state index contributed by atoms with van der Waals surface area (Å²) in [6.07, 6.45) is 3.72. The van der Waals surface area contributed by atoms with Crippen molar-refractivity contribution in [1.82, 2.24) is 19.8 Å². The Morgan fingerprint density at radius 2 is 1.81 bits per heavy atom. The molecule has 166 valence electrons. The number of urea groups is 1. The van der Waals surface area contributed by atoms with Crippen LogP contribution in [-0.4, -0.2) is 45.5 Å². The second-order valence-electron chi connectivity index (χ2n) is 7.90. The first kappa shape index (κ1) is 21.9. The Morgan fingerprint density at radius 1 is 1.12 bits per heavy atom. The van der Waals surface area contributed by atoms with Crippen molar-refractivity contribution in [1.29, 1.82) is 0 Å². The van der Waals surface area contributed by atoms with Crippen LogP contribution in [0.1, 0.15) is 25.3 Å². The normalized spacial score (nSPS) is 13.0. The average Bonchev–Trinajstić information content (AvgIpc) is 3.53. The molecule has 3 aromatic rings. The third-order valence-electron chi connectivity index (χ3n) is 5.30. The number of anilines is 1. The molecule has 1 aliphatic carbocycles. The van der Waals surface area contributed by atoms with E-state index in [4.69, 9.17) is 11.6 Å². The van der Waals surface area contributed by atoms with Gasteiger partial charge in [-0.05, 0) is 51.0 Å². The molecule has 4 rings (SSSR count). The van der Waals surface area contributed by atoms with Crippen molar-refractivity contribution in [2.45, 2.75) is 32.7 Å². The summed E-state index contributed by atoms with van der Waals surface area (Å²) in [6, 6.07) is 15.3. The molecule has 1 aromatic heterocycles. The van der Waals surface area contributed by atoms with Crippen molar-refractivity contribution in [3.05, 3.63) is 65.3 Å². The van der Waals surface area contributed by atoms with Gasteiger partial charge in [-0.1, -0.05) is 41.4 Å². The number of aromatic nitrogens is 2. The van der Waals surface area contributed by atoms with Gasteiger partial charge in [0.15, 0.2) is 0 Å². The third kappa shape index (κ3) is 5.11. The number of hydrogen-bond donors (Lipinski definition) is 2. The van der Waals surface area contributed by atoms with Crippen LogP contribution in [-0.2, 0) is 4.79 Å². The number of halogens is 1. The minimum atomic E-state index is -0.287. The first-order valence-corrected chi connectivity index (χ1v) is 11.1. The molecule has 0 aliphatic heterocycles. The van der Waals surface area contributed by atoms with Crippen LogP contribution in [0, 0.1) is 6.92 Å². The molecular weight excluding hydrogens is 426 g/mol. The minimum Gasteiger partial charge on any atom is -0.338 e. The molecule has 7 nitrogen and oxygen atoms in total. The largest absolute Gasteiger partial charge is 0.338 e. The lowest BCUT2D eigenvalue weighted by molar-refractivity contribution is -0.116. The molecule has 0 bridgehead atoms. The number of imidazole rings is 1. The number of benzene rings is 2. The van der Waals surface area contributed by atoms with Gasteiger partial charge in [0.2, 0.25) is 11.9 Å². The molecular formula is C24H26ClN5O2. The zero-order valence-electron chi connectivity index (χ0n) is 18.1. The molecule has 2 N–H and O–H groups in total. The number of rotatable bonds is 7. The summed E-state index contributed by atoms with van der Waals surface area (Å²) in [5, 5.41) is 6.33. The highest BCUT2D eigenvalue weighted by Crippen LogP contribution is 2.28. The predicted octanol–water partition coefficient (Wildman–Crippen LogP) is 4.63. The van der Waals surface area contributed by atoms with Gasteiger partial charge < -0.3 is 10.2 Å². The summed E-state index contributed by atoms with van der Waals surface area (Å²) >= 11 is 6.02. The number of amides is 3. The maximum absolute atomic E-state index is 12.9. The van der Waals surface area contributed by atoms with E-state index in [1.54, 1.807) is 17.0 Å². The quantitative estimate of drug-likeness (QED) is 0.549. The van der Waals surface area contributed by atoms with Crippen LogP contribution in [0.4, 0.5) is 10.7 Å². The molecule has 1 fully saturated rings. The van der Waals surface area contributed by atoms with E-state index >= 15 is 0 Å². The van der Waals surface area contributed by atoms with Crippen molar-refractivity contribution in [2.75, 3.05) is 18.4 Å². The van der Waals surface area contributed by atoms with Gasteiger partial charge in [-0.2, -0.15) is 0 Å². The summed E-state index contributed by atoms with van der Waals surface area (Å²) in [5.41, 5.74) is 3.61. The van der Waals surface area contributed by atoms with E-state index in [0.29, 0.717) is 23.2 Å². The lowest BCUT2D eigenvalue weighted by Gasteiger charge is -2.21. The molecule has 0 unspecified atom stereocenters. The van der Waals surface area contributed by atoms with Gasteiger partial charge in [0, 0.05) is 35.1 Å². The zero-order chi connectivity index (χ0) is 22.7. The van der Waals surface area contributed by atoms with Crippen molar-refractivity contribution in [2.24, 2.45) is 0 Å². The number of nitrogens with one attached hydrogen (secondary N) is 2. The minimum absolute atomic E-state index is 0.0203. The molecule has 2 aromatic carbocycles. The highest BCUT2D eigenvalue weighted by molar-refractivity contribution is 6.30. The van der Waals surface area contributed by atoms with E-state index in [-0.39, 0.29) is 24.5 Å². The van der Waals surface area contributed by atoms with Gasteiger partial charge in [0.1, 0.15) is 6.54 Å². The number of hydrogen-bond acceptors (Lipinski definition) is 3. The van der Waals surface area contributed by atoms with E-state index < -0.39 is 0 Å². The molecule has 3 amide bonds. The topological polar surface area (TPSA) is 79.3 Å². The molecule has 1 aliphatic rings. The van der Waals surface area contributed by atoms with E-state index in [9.17, 15) is 9.59 Å². The molecule has 0 atom stereocenters. The highest BCUT2D eigenvalue weighted by atomic mass is 35.5.